The lowest BCUT2D eigenvalue weighted by Crippen LogP contribution is -2.49. The van der Waals surface area contributed by atoms with Crippen LogP contribution in [0.1, 0.15) is 28.0 Å². The van der Waals surface area contributed by atoms with Crippen molar-refractivity contribution in [3.8, 4) is 0 Å². The van der Waals surface area contributed by atoms with Gasteiger partial charge in [-0.1, -0.05) is 18.2 Å². The van der Waals surface area contributed by atoms with E-state index in [1.54, 1.807) is 0 Å². The molecule has 5 nitrogen and oxygen atoms in total. The summed E-state index contributed by atoms with van der Waals surface area (Å²) in [6, 6.07) is 11.7. The van der Waals surface area contributed by atoms with Crippen LogP contribution in [-0.4, -0.2) is 47.2 Å². The summed E-state index contributed by atoms with van der Waals surface area (Å²) in [5.74, 6) is 1.07. The van der Waals surface area contributed by atoms with Gasteiger partial charge in [-0.05, 0) is 43.0 Å². The SMILES string of the molecule is O=C(c1ccccc1)N1CCN(c2cc3c(nn2)CCC3)CC1. The minimum Gasteiger partial charge on any atom is -0.352 e. The van der Waals surface area contributed by atoms with Crippen LogP contribution >= 0.6 is 0 Å². The van der Waals surface area contributed by atoms with Crippen molar-refractivity contribution in [2.45, 2.75) is 19.3 Å². The van der Waals surface area contributed by atoms with Gasteiger partial charge in [0, 0.05) is 31.7 Å². The molecule has 0 N–H and O–H groups in total. The summed E-state index contributed by atoms with van der Waals surface area (Å²) in [7, 11) is 0. The molecule has 0 saturated carbocycles. The number of fused-ring (bicyclic) bond motifs is 1. The van der Waals surface area contributed by atoms with E-state index in [1.165, 1.54) is 12.0 Å². The van der Waals surface area contributed by atoms with Gasteiger partial charge in [0.15, 0.2) is 5.82 Å². The lowest BCUT2D eigenvalue weighted by Gasteiger charge is -2.35. The highest BCUT2D eigenvalue weighted by molar-refractivity contribution is 5.94. The van der Waals surface area contributed by atoms with Gasteiger partial charge in [-0.3, -0.25) is 4.79 Å². The van der Waals surface area contributed by atoms with Gasteiger partial charge in [-0.15, -0.1) is 5.10 Å². The van der Waals surface area contributed by atoms with Crippen LogP contribution < -0.4 is 4.90 Å². The summed E-state index contributed by atoms with van der Waals surface area (Å²) < 4.78 is 0. The highest BCUT2D eigenvalue weighted by Crippen LogP contribution is 2.23. The summed E-state index contributed by atoms with van der Waals surface area (Å²) in [5, 5.41) is 8.74. The fraction of sp³-hybridized carbons (Fsp3) is 0.389. The first-order chi connectivity index (χ1) is 11.3. The molecule has 2 aromatic rings. The average molecular weight is 308 g/mol. The Hall–Kier alpha value is -2.43. The van der Waals surface area contributed by atoms with E-state index in [-0.39, 0.29) is 5.91 Å². The Morgan fingerprint density at radius 3 is 2.52 bits per heavy atom. The number of piperazine rings is 1. The van der Waals surface area contributed by atoms with E-state index in [0.717, 1.165) is 56.1 Å². The monoisotopic (exact) mass is 308 g/mol. The number of amides is 1. The predicted octanol–water partition coefficient (Wildman–Crippen LogP) is 1.93. The highest BCUT2D eigenvalue weighted by Gasteiger charge is 2.24. The van der Waals surface area contributed by atoms with Crippen molar-refractivity contribution in [2.75, 3.05) is 31.1 Å². The first-order valence-corrected chi connectivity index (χ1v) is 8.26. The zero-order valence-corrected chi connectivity index (χ0v) is 13.1. The number of carbonyl (C=O) groups is 1. The van der Waals surface area contributed by atoms with E-state index in [4.69, 9.17) is 0 Å². The molecule has 1 aromatic heterocycles. The zero-order valence-electron chi connectivity index (χ0n) is 13.1. The Balaban J connectivity index is 1.42. The molecule has 1 aliphatic carbocycles. The van der Waals surface area contributed by atoms with Gasteiger partial charge in [0.1, 0.15) is 0 Å². The van der Waals surface area contributed by atoms with E-state index in [9.17, 15) is 4.79 Å². The van der Waals surface area contributed by atoms with Crippen molar-refractivity contribution in [2.24, 2.45) is 0 Å². The summed E-state index contributed by atoms with van der Waals surface area (Å²) in [6.07, 6.45) is 3.36. The maximum atomic E-state index is 12.5. The topological polar surface area (TPSA) is 49.3 Å². The first-order valence-electron chi connectivity index (χ1n) is 8.26. The zero-order chi connectivity index (χ0) is 15.6. The first kappa shape index (κ1) is 14.2. The molecule has 2 heterocycles. The maximum Gasteiger partial charge on any atom is 0.253 e. The minimum absolute atomic E-state index is 0.116. The molecule has 118 valence electrons. The molecule has 4 rings (SSSR count). The van der Waals surface area contributed by atoms with Crippen molar-refractivity contribution >= 4 is 11.7 Å². The molecule has 0 radical (unpaired) electrons. The number of carbonyl (C=O) groups excluding carboxylic acids is 1. The molecule has 2 aliphatic rings. The fourth-order valence-electron chi connectivity index (χ4n) is 3.37. The van der Waals surface area contributed by atoms with Gasteiger partial charge >= 0.3 is 0 Å². The second kappa shape index (κ2) is 5.99. The summed E-state index contributed by atoms with van der Waals surface area (Å²) in [6.45, 7) is 3.08. The molecule has 0 bridgehead atoms. The molecular weight excluding hydrogens is 288 g/mol. The van der Waals surface area contributed by atoms with E-state index >= 15 is 0 Å². The Kier molecular flexibility index (Phi) is 3.69. The van der Waals surface area contributed by atoms with Crippen LogP contribution in [0.4, 0.5) is 5.82 Å². The number of benzene rings is 1. The van der Waals surface area contributed by atoms with E-state index in [0.29, 0.717) is 0 Å². The Labute approximate surface area is 135 Å². The lowest BCUT2D eigenvalue weighted by atomic mass is 10.2. The number of aryl methyl sites for hydroxylation is 2. The fourth-order valence-corrected chi connectivity index (χ4v) is 3.37. The van der Waals surface area contributed by atoms with Gasteiger partial charge < -0.3 is 9.80 Å². The van der Waals surface area contributed by atoms with Crippen LogP contribution in [0.25, 0.3) is 0 Å². The number of nitrogens with zero attached hydrogens (tertiary/aromatic N) is 4. The third kappa shape index (κ3) is 2.79. The second-order valence-electron chi connectivity index (χ2n) is 6.17. The van der Waals surface area contributed by atoms with Crippen LogP contribution in [0, 0.1) is 0 Å². The standard InChI is InChI=1S/C18H20N4O/c23-18(14-5-2-1-3-6-14)22-11-9-21(10-12-22)17-13-15-7-4-8-16(15)19-20-17/h1-3,5-6,13H,4,7-12H2. The van der Waals surface area contributed by atoms with Crippen LogP contribution in [0.5, 0.6) is 0 Å². The van der Waals surface area contributed by atoms with Gasteiger partial charge in [0.25, 0.3) is 5.91 Å². The van der Waals surface area contributed by atoms with E-state index in [1.807, 2.05) is 35.2 Å². The van der Waals surface area contributed by atoms with Gasteiger partial charge in [-0.25, -0.2) is 0 Å². The van der Waals surface area contributed by atoms with Crippen molar-refractivity contribution in [1.29, 1.82) is 0 Å². The number of hydrogen-bond acceptors (Lipinski definition) is 4. The minimum atomic E-state index is 0.116. The Bertz CT molecular complexity index is 708. The Morgan fingerprint density at radius 2 is 1.74 bits per heavy atom. The van der Waals surface area contributed by atoms with Gasteiger partial charge in [0.2, 0.25) is 0 Å². The van der Waals surface area contributed by atoms with Crippen molar-refractivity contribution in [3.63, 3.8) is 0 Å². The molecule has 0 atom stereocenters. The predicted molar refractivity (Wildman–Crippen MR) is 88.6 cm³/mol. The summed E-state index contributed by atoms with van der Waals surface area (Å²) >= 11 is 0. The van der Waals surface area contributed by atoms with E-state index < -0.39 is 0 Å². The van der Waals surface area contributed by atoms with Crippen LogP contribution in [0.15, 0.2) is 36.4 Å². The third-order valence-corrected chi connectivity index (χ3v) is 4.72. The van der Waals surface area contributed by atoms with Crippen molar-refractivity contribution < 1.29 is 4.79 Å². The molecule has 1 amide bonds. The van der Waals surface area contributed by atoms with Crippen LogP contribution in [0.3, 0.4) is 0 Å². The lowest BCUT2D eigenvalue weighted by molar-refractivity contribution is 0.0746. The average Bonchev–Trinajstić information content (AvgIpc) is 3.10. The maximum absolute atomic E-state index is 12.5. The number of rotatable bonds is 2. The summed E-state index contributed by atoms with van der Waals surface area (Å²) in [4.78, 5) is 16.6. The Morgan fingerprint density at radius 1 is 0.957 bits per heavy atom. The second-order valence-corrected chi connectivity index (χ2v) is 6.17. The summed E-state index contributed by atoms with van der Waals surface area (Å²) in [5.41, 5.74) is 3.27. The smallest absolute Gasteiger partial charge is 0.253 e. The molecule has 0 unspecified atom stereocenters. The number of anilines is 1. The van der Waals surface area contributed by atoms with Crippen LogP contribution in [-0.2, 0) is 12.8 Å². The van der Waals surface area contributed by atoms with Gasteiger partial charge in [0.05, 0.1) is 5.69 Å². The molecule has 1 aliphatic heterocycles. The molecule has 1 saturated heterocycles. The van der Waals surface area contributed by atoms with E-state index in [2.05, 4.69) is 21.2 Å². The molecule has 1 aromatic carbocycles. The highest BCUT2D eigenvalue weighted by atomic mass is 16.2. The number of hydrogen-bond donors (Lipinski definition) is 0. The largest absolute Gasteiger partial charge is 0.352 e. The normalized spacial score (nSPS) is 17.2. The van der Waals surface area contributed by atoms with Crippen molar-refractivity contribution in [1.82, 2.24) is 15.1 Å². The molecule has 0 spiro atoms. The number of aromatic nitrogens is 2. The molecule has 1 fully saturated rings. The molecule has 5 heteroatoms. The van der Waals surface area contributed by atoms with Crippen molar-refractivity contribution in [3.05, 3.63) is 53.2 Å². The third-order valence-electron chi connectivity index (χ3n) is 4.72. The quantitative estimate of drug-likeness (QED) is 0.850. The molecule has 23 heavy (non-hydrogen) atoms. The van der Waals surface area contributed by atoms with Crippen LogP contribution in [0.2, 0.25) is 0 Å². The van der Waals surface area contributed by atoms with Gasteiger partial charge in [-0.2, -0.15) is 5.10 Å². The molecular formula is C18H20N4O.